The molecule has 0 aliphatic heterocycles. The van der Waals surface area contributed by atoms with E-state index in [0.29, 0.717) is 22.6 Å². The number of rotatable bonds is 4. The summed E-state index contributed by atoms with van der Waals surface area (Å²) in [6.45, 7) is 4.82. The minimum Gasteiger partial charge on any atom is -0.385 e. The summed E-state index contributed by atoms with van der Waals surface area (Å²) in [6, 6.07) is 3.86. The third-order valence-electron chi connectivity index (χ3n) is 2.28. The van der Waals surface area contributed by atoms with E-state index in [9.17, 15) is 13.2 Å². The highest BCUT2D eigenvalue weighted by molar-refractivity contribution is 9.10. The zero-order chi connectivity index (χ0) is 13.1. The van der Waals surface area contributed by atoms with Crippen molar-refractivity contribution in [1.29, 1.82) is 0 Å². The Labute approximate surface area is 108 Å². The van der Waals surface area contributed by atoms with E-state index >= 15 is 0 Å². The Hall–Kier alpha value is -0.710. The molecule has 0 unspecified atom stereocenters. The molecule has 1 nitrogen and oxygen atoms in total. The molecule has 17 heavy (non-hydrogen) atoms. The maximum Gasteiger partial charge on any atom is 0.416 e. The lowest BCUT2D eigenvalue weighted by atomic mass is 10.1. The monoisotopic (exact) mass is 309 g/mol. The first-order valence-electron chi connectivity index (χ1n) is 5.40. The second-order valence-electron chi connectivity index (χ2n) is 4.34. The molecule has 0 fully saturated rings. The average molecular weight is 310 g/mol. The largest absolute Gasteiger partial charge is 0.416 e. The van der Waals surface area contributed by atoms with E-state index in [1.807, 2.05) is 0 Å². The zero-order valence-corrected chi connectivity index (χ0v) is 11.3. The Kier molecular flexibility index (Phi) is 4.86. The van der Waals surface area contributed by atoms with Crippen molar-refractivity contribution in [2.45, 2.75) is 26.4 Å². The lowest BCUT2D eigenvalue weighted by Crippen LogP contribution is -2.08. The van der Waals surface area contributed by atoms with Gasteiger partial charge in [0.05, 0.1) is 5.56 Å². The predicted octanol–water partition coefficient (Wildman–Crippen LogP) is 4.93. The van der Waals surface area contributed by atoms with Crippen LogP contribution < -0.4 is 5.32 Å². The van der Waals surface area contributed by atoms with Crippen LogP contribution in [0.4, 0.5) is 18.9 Å². The van der Waals surface area contributed by atoms with Crippen LogP contribution in [0.15, 0.2) is 22.7 Å². The van der Waals surface area contributed by atoms with Crippen molar-refractivity contribution >= 4 is 21.6 Å². The van der Waals surface area contributed by atoms with Crippen LogP contribution in [0, 0.1) is 5.92 Å². The highest BCUT2D eigenvalue weighted by atomic mass is 79.9. The zero-order valence-electron chi connectivity index (χ0n) is 9.74. The quantitative estimate of drug-likeness (QED) is 0.832. The van der Waals surface area contributed by atoms with Crippen LogP contribution >= 0.6 is 15.9 Å². The number of hydrogen-bond acceptors (Lipinski definition) is 1. The first-order valence-corrected chi connectivity index (χ1v) is 6.20. The third-order valence-corrected chi connectivity index (χ3v) is 2.73. The predicted molar refractivity (Wildman–Crippen MR) is 67.1 cm³/mol. The highest BCUT2D eigenvalue weighted by Gasteiger charge is 2.31. The third kappa shape index (κ3) is 4.98. The van der Waals surface area contributed by atoms with Crippen molar-refractivity contribution in [2.75, 3.05) is 11.9 Å². The minimum absolute atomic E-state index is 0.430. The van der Waals surface area contributed by atoms with Crippen molar-refractivity contribution in [1.82, 2.24) is 0 Å². The topological polar surface area (TPSA) is 12.0 Å². The second kappa shape index (κ2) is 5.76. The van der Waals surface area contributed by atoms with Gasteiger partial charge in [-0.1, -0.05) is 29.8 Å². The van der Waals surface area contributed by atoms with E-state index in [1.54, 1.807) is 6.07 Å². The van der Waals surface area contributed by atoms with E-state index in [4.69, 9.17) is 0 Å². The van der Waals surface area contributed by atoms with Gasteiger partial charge in [0.2, 0.25) is 0 Å². The van der Waals surface area contributed by atoms with Gasteiger partial charge in [-0.05, 0) is 30.5 Å². The van der Waals surface area contributed by atoms with Gasteiger partial charge in [-0.3, -0.25) is 0 Å². The molecule has 0 heterocycles. The van der Waals surface area contributed by atoms with Gasteiger partial charge in [0.25, 0.3) is 0 Å². The molecular weight excluding hydrogens is 295 g/mol. The first kappa shape index (κ1) is 14.4. The lowest BCUT2D eigenvalue weighted by molar-refractivity contribution is -0.137. The summed E-state index contributed by atoms with van der Waals surface area (Å²) in [5, 5.41) is 3.00. The Bertz CT molecular complexity index is 375. The Morgan fingerprint density at radius 3 is 2.41 bits per heavy atom. The molecule has 0 spiro atoms. The van der Waals surface area contributed by atoms with E-state index in [-0.39, 0.29) is 0 Å². The van der Waals surface area contributed by atoms with Crippen LogP contribution in [-0.4, -0.2) is 6.54 Å². The SMILES string of the molecule is CC(C)CCNc1cc(Br)cc(C(F)(F)F)c1. The van der Waals surface area contributed by atoms with Crippen LogP contribution in [0.3, 0.4) is 0 Å². The van der Waals surface area contributed by atoms with Crippen LogP contribution in [0.5, 0.6) is 0 Å². The van der Waals surface area contributed by atoms with Gasteiger partial charge in [-0.2, -0.15) is 13.2 Å². The summed E-state index contributed by atoms with van der Waals surface area (Å²) < 4.78 is 38.1. The Balaban J connectivity index is 2.76. The van der Waals surface area contributed by atoms with E-state index < -0.39 is 11.7 Å². The fraction of sp³-hybridized carbons (Fsp3) is 0.500. The van der Waals surface area contributed by atoms with Gasteiger partial charge in [0, 0.05) is 16.7 Å². The summed E-state index contributed by atoms with van der Waals surface area (Å²) >= 11 is 3.09. The number of benzene rings is 1. The van der Waals surface area contributed by atoms with Crippen molar-refractivity contribution in [3.8, 4) is 0 Å². The molecule has 1 aromatic rings. The molecule has 0 aliphatic rings. The molecule has 0 amide bonds. The molecule has 0 bridgehead atoms. The van der Waals surface area contributed by atoms with Crippen molar-refractivity contribution in [2.24, 2.45) is 5.92 Å². The number of hydrogen-bond donors (Lipinski definition) is 1. The second-order valence-corrected chi connectivity index (χ2v) is 5.25. The number of anilines is 1. The Morgan fingerprint density at radius 2 is 1.88 bits per heavy atom. The lowest BCUT2D eigenvalue weighted by Gasteiger charge is -2.12. The summed E-state index contributed by atoms with van der Waals surface area (Å²) in [7, 11) is 0. The molecule has 96 valence electrons. The van der Waals surface area contributed by atoms with Gasteiger partial charge in [0.15, 0.2) is 0 Å². The maximum absolute atomic E-state index is 12.5. The smallest absolute Gasteiger partial charge is 0.385 e. The summed E-state index contributed by atoms with van der Waals surface area (Å²) in [4.78, 5) is 0. The summed E-state index contributed by atoms with van der Waals surface area (Å²) in [5.41, 5.74) is -0.147. The maximum atomic E-state index is 12.5. The molecule has 0 radical (unpaired) electrons. The van der Waals surface area contributed by atoms with Crippen LogP contribution in [0.1, 0.15) is 25.8 Å². The summed E-state index contributed by atoms with van der Waals surface area (Å²) in [5.74, 6) is 0.525. The van der Waals surface area contributed by atoms with E-state index in [2.05, 4.69) is 35.1 Å². The standard InChI is InChI=1S/C12H15BrF3N/c1-8(2)3-4-17-11-6-9(12(14,15)16)5-10(13)7-11/h5-8,17H,3-4H2,1-2H3. The van der Waals surface area contributed by atoms with Crippen LogP contribution in [-0.2, 0) is 6.18 Å². The molecular formula is C12H15BrF3N. The van der Waals surface area contributed by atoms with Crippen molar-refractivity contribution in [3.05, 3.63) is 28.2 Å². The molecule has 0 saturated carbocycles. The summed E-state index contributed by atoms with van der Waals surface area (Å²) in [6.07, 6.45) is -3.38. The van der Waals surface area contributed by atoms with Gasteiger partial charge < -0.3 is 5.32 Å². The van der Waals surface area contributed by atoms with Gasteiger partial charge in [0.1, 0.15) is 0 Å². The van der Waals surface area contributed by atoms with Gasteiger partial charge in [-0.25, -0.2) is 0 Å². The molecule has 1 aromatic carbocycles. The van der Waals surface area contributed by atoms with Crippen molar-refractivity contribution in [3.63, 3.8) is 0 Å². The number of alkyl halides is 3. The van der Waals surface area contributed by atoms with Crippen LogP contribution in [0.25, 0.3) is 0 Å². The highest BCUT2D eigenvalue weighted by Crippen LogP contribution is 2.33. The number of halogens is 4. The average Bonchev–Trinajstić information content (AvgIpc) is 2.14. The molecule has 5 heteroatoms. The molecule has 1 N–H and O–H groups in total. The first-order chi connectivity index (χ1) is 7.79. The Morgan fingerprint density at radius 1 is 1.24 bits per heavy atom. The molecule has 1 rings (SSSR count). The fourth-order valence-electron chi connectivity index (χ4n) is 1.36. The van der Waals surface area contributed by atoms with Gasteiger partial charge in [-0.15, -0.1) is 0 Å². The van der Waals surface area contributed by atoms with Crippen LogP contribution in [0.2, 0.25) is 0 Å². The number of nitrogens with one attached hydrogen (secondary N) is 1. The van der Waals surface area contributed by atoms with E-state index in [1.165, 1.54) is 0 Å². The molecule has 0 aromatic heterocycles. The normalized spacial score (nSPS) is 11.9. The molecule has 0 aliphatic carbocycles. The molecule has 0 saturated heterocycles. The minimum atomic E-state index is -4.31. The fourth-order valence-corrected chi connectivity index (χ4v) is 1.85. The van der Waals surface area contributed by atoms with Gasteiger partial charge >= 0.3 is 6.18 Å². The molecule has 0 atom stereocenters. The van der Waals surface area contributed by atoms with Crippen molar-refractivity contribution < 1.29 is 13.2 Å². The van der Waals surface area contributed by atoms with E-state index in [0.717, 1.165) is 18.6 Å².